The number of hydrazine groups is 1. The highest BCUT2D eigenvalue weighted by molar-refractivity contribution is 6.07. The third-order valence-corrected chi connectivity index (χ3v) is 2.60. The fourth-order valence-electron chi connectivity index (χ4n) is 1.68. The van der Waals surface area contributed by atoms with E-state index in [1.807, 2.05) is 13.8 Å². The van der Waals surface area contributed by atoms with Gasteiger partial charge in [0.2, 0.25) is 0 Å². The molecule has 0 radical (unpaired) electrons. The molecule has 0 aliphatic heterocycles. The zero-order valence-corrected chi connectivity index (χ0v) is 10.8. The SMILES string of the molecule is Cc1cc(NC(=O)c2cnc(C)cc2NN)ccn1. The highest BCUT2D eigenvalue weighted by atomic mass is 16.1. The molecule has 0 saturated heterocycles. The molecule has 0 spiro atoms. The van der Waals surface area contributed by atoms with Crippen LogP contribution in [0.4, 0.5) is 11.4 Å². The van der Waals surface area contributed by atoms with Gasteiger partial charge in [-0.05, 0) is 32.0 Å². The molecule has 0 bridgehead atoms. The van der Waals surface area contributed by atoms with E-state index in [-0.39, 0.29) is 5.91 Å². The quantitative estimate of drug-likeness (QED) is 0.574. The van der Waals surface area contributed by atoms with Gasteiger partial charge in [0.1, 0.15) is 0 Å². The Morgan fingerprint density at radius 2 is 1.95 bits per heavy atom. The third-order valence-electron chi connectivity index (χ3n) is 2.60. The van der Waals surface area contributed by atoms with Crippen LogP contribution in [0, 0.1) is 13.8 Å². The van der Waals surface area contributed by atoms with Crippen molar-refractivity contribution in [1.82, 2.24) is 9.97 Å². The van der Waals surface area contributed by atoms with E-state index in [9.17, 15) is 4.79 Å². The summed E-state index contributed by atoms with van der Waals surface area (Å²) < 4.78 is 0. The number of nitrogens with zero attached hydrogens (tertiary/aromatic N) is 2. The molecule has 19 heavy (non-hydrogen) atoms. The lowest BCUT2D eigenvalue weighted by atomic mass is 10.2. The van der Waals surface area contributed by atoms with E-state index in [0.717, 1.165) is 11.4 Å². The standard InChI is InChI=1S/C13H15N5O/c1-8-5-10(3-4-15-8)17-13(19)11-7-16-9(2)6-12(11)18-14/h3-7H,14H2,1-2H3,(H,16,18)(H,15,17,19). The number of nitrogens with two attached hydrogens (primary N) is 1. The number of hydrogen-bond donors (Lipinski definition) is 3. The molecule has 0 saturated carbocycles. The lowest BCUT2D eigenvalue weighted by molar-refractivity contribution is 0.102. The van der Waals surface area contributed by atoms with Gasteiger partial charge in [0.05, 0.1) is 11.3 Å². The summed E-state index contributed by atoms with van der Waals surface area (Å²) in [6, 6.07) is 5.23. The number of pyridine rings is 2. The highest BCUT2D eigenvalue weighted by Crippen LogP contribution is 2.16. The van der Waals surface area contributed by atoms with Gasteiger partial charge in [0.15, 0.2) is 0 Å². The summed E-state index contributed by atoms with van der Waals surface area (Å²) in [5.74, 6) is 5.13. The molecule has 0 atom stereocenters. The molecule has 2 heterocycles. The first-order valence-electron chi connectivity index (χ1n) is 5.77. The average Bonchev–Trinajstić information content (AvgIpc) is 2.38. The second kappa shape index (κ2) is 5.45. The molecule has 0 unspecified atom stereocenters. The number of carbonyl (C=O) groups excluding carboxylic acids is 1. The van der Waals surface area contributed by atoms with Crippen molar-refractivity contribution in [3.8, 4) is 0 Å². The third kappa shape index (κ3) is 3.05. The minimum absolute atomic E-state index is 0.272. The second-order valence-corrected chi connectivity index (χ2v) is 4.16. The van der Waals surface area contributed by atoms with Crippen molar-refractivity contribution in [2.24, 2.45) is 5.84 Å². The normalized spacial score (nSPS) is 10.1. The molecule has 0 aliphatic carbocycles. The number of aromatic nitrogens is 2. The maximum absolute atomic E-state index is 12.1. The first-order valence-corrected chi connectivity index (χ1v) is 5.77. The van der Waals surface area contributed by atoms with Crippen LogP contribution in [0.15, 0.2) is 30.6 Å². The van der Waals surface area contributed by atoms with Crippen molar-refractivity contribution in [3.05, 3.63) is 47.5 Å². The van der Waals surface area contributed by atoms with Gasteiger partial charge in [0, 0.05) is 29.5 Å². The van der Waals surface area contributed by atoms with E-state index < -0.39 is 0 Å². The van der Waals surface area contributed by atoms with Crippen LogP contribution in [0.3, 0.4) is 0 Å². The number of anilines is 2. The monoisotopic (exact) mass is 257 g/mol. The molecule has 98 valence electrons. The molecule has 6 nitrogen and oxygen atoms in total. The number of hydrogen-bond acceptors (Lipinski definition) is 5. The van der Waals surface area contributed by atoms with Gasteiger partial charge in [-0.15, -0.1) is 0 Å². The Morgan fingerprint density at radius 1 is 1.21 bits per heavy atom. The minimum atomic E-state index is -0.272. The van der Waals surface area contributed by atoms with Crippen LogP contribution in [0.1, 0.15) is 21.7 Å². The van der Waals surface area contributed by atoms with Crippen molar-refractivity contribution in [1.29, 1.82) is 0 Å². The van der Waals surface area contributed by atoms with Gasteiger partial charge in [-0.2, -0.15) is 0 Å². The van der Waals surface area contributed by atoms with E-state index in [2.05, 4.69) is 20.7 Å². The average molecular weight is 257 g/mol. The number of nitrogens with one attached hydrogen (secondary N) is 2. The van der Waals surface area contributed by atoms with E-state index in [4.69, 9.17) is 5.84 Å². The van der Waals surface area contributed by atoms with Crippen LogP contribution in [0.2, 0.25) is 0 Å². The summed E-state index contributed by atoms with van der Waals surface area (Å²) in [5, 5.41) is 2.78. The molecule has 4 N–H and O–H groups in total. The molecular weight excluding hydrogens is 242 g/mol. The Morgan fingerprint density at radius 3 is 2.63 bits per heavy atom. The fourth-order valence-corrected chi connectivity index (χ4v) is 1.68. The smallest absolute Gasteiger partial charge is 0.259 e. The number of carbonyl (C=O) groups is 1. The highest BCUT2D eigenvalue weighted by Gasteiger charge is 2.12. The molecule has 1 amide bonds. The van der Waals surface area contributed by atoms with Gasteiger partial charge in [-0.1, -0.05) is 0 Å². The van der Waals surface area contributed by atoms with Crippen LogP contribution in [0.5, 0.6) is 0 Å². The second-order valence-electron chi connectivity index (χ2n) is 4.16. The van der Waals surface area contributed by atoms with Crippen LogP contribution in [-0.2, 0) is 0 Å². The van der Waals surface area contributed by atoms with Crippen molar-refractivity contribution in [2.75, 3.05) is 10.7 Å². The lowest BCUT2D eigenvalue weighted by Gasteiger charge is -2.10. The zero-order chi connectivity index (χ0) is 13.8. The van der Waals surface area contributed by atoms with E-state index >= 15 is 0 Å². The Bertz CT molecular complexity index is 612. The van der Waals surface area contributed by atoms with Gasteiger partial charge < -0.3 is 10.7 Å². The zero-order valence-electron chi connectivity index (χ0n) is 10.8. The molecule has 2 aromatic heterocycles. The lowest BCUT2D eigenvalue weighted by Crippen LogP contribution is -2.18. The maximum atomic E-state index is 12.1. The Balaban J connectivity index is 2.25. The molecule has 6 heteroatoms. The number of aryl methyl sites for hydroxylation is 2. The summed E-state index contributed by atoms with van der Waals surface area (Å²) >= 11 is 0. The molecule has 2 aromatic rings. The number of rotatable bonds is 3. The maximum Gasteiger partial charge on any atom is 0.259 e. The van der Waals surface area contributed by atoms with Crippen LogP contribution >= 0.6 is 0 Å². The van der Waals surface area contributed by atoms with Crippen molar-refractivity contribution in [3.63, 3.8) is 0 Å². The first kappa shape index (κ1) is 13.0. The van der Waals surface area contributed by atoms with Crippen LogP contribution in [0.25, 0.3) is 0 Å². The van der Waals surface area contributed by atoms with Crippen LogP contribution in [-0.4, -0.2) is 15.9 Å². The fraction of sp³-hybridized carbons (Fsp3) is 0.154. The largest absolute Gasteiger partial charge is 0.323 e. The molecule has 0 fully saturated rings. The van der Waals surface area contributed by atoms with Crippen molar-refractivity contribution in [2.45, 2.75) is 13.8 Å². The summed E-state index contributed by atoms with van der Waals surface area (Å²) in [6.07, 6.45) is 3.13. The topological polar surface area (TPSA) is 92.9 Å². The van der Waals surface area contributed by atoms with E-state index in [0.29, 0.717) is 16.9 Å². The van der Waals surface area contributed by atoms with Gasteiger partial charge in [-0.3, -0.25) is 20.6 Å². The van der Waals surface area contributed by atoms with E-state index in [1.54, 1.807) is 24.4 Å². The number of amides is 1. The van der Waals surface area contributed by atoms with Crippen LogP contribution < -0.4 is 16.6 Å². The van der Waals surface area contributed by atoms with Crippen molar-refractivity contribution < 1.29 is 4.79 Å². The summed E-state index contributed by atoms with van der Waals surface area (Å²) in [6.45, 7) is 3.69. The summed E-state index contributed by atoms with van der Waals surface area (Å²) in [7, 11) is 0. The predicted molar refractivity (Wildman–Crippen MR) is 73.7 cm³/mol. The number of nitrogen functional groups attached to an aromatic ring is 1. The van der Waals surface area contributed by atoms with Crippen molar-refractivity contribution >= 4 is 17.3 Å². The van der Waals surface area contributed by atoms with Gasteiger partial charge >= 0.3 is 0 Å². The molecular formula is C13H15N5O. The first-order chi connectivity index (χ1) is 9.10. The van der Waals surface area contributed by atoms with E-state index in [1.165, 1.54) is 6.20 Å². The van der Waals surface area contributed by atoms with Gasteiger partial charge in [-0.25, -0.2) is 0 Å². The minimum Gasteiger partial charge on any atom is -0.323 e. The Labute approximate surface area is 111 Å². The Kier molecular flexibility index (Phi) is 3.72. The Hall–Kier alpha value is -2.47. The molecule has 0 aliphatic rings. The molecule has 2 rings (SSSR count). The summed E-state index contributed by atoms with van der Waals surface area (Å²) in [4.78, 5) is 20.3. The predicted octanol–water partition coefficient (Wildman–Crippen LogP) is 1.63. The molecule has 0 aromatic carbocycles. The summed E-state index contributed by atoms with van der Waals surface area (Å²) in [5.41, 5.74) is 5.72. The van der Waals surface area contributed by atoms with Gasteiger partial charge in [0.25, 0.3) is 5.91 Å².